The van der Waals surface area contributed by atoms with Crippen LogP contribution >= 0.6 is 0 Å². The highest BCUT2D eigenvalue weighted by atomic mass is 32.2. The van der Waals surface area contributed by atoms with Gasteiger partial charge in [-0.3, -0.25) is 9.59 Å². The number of hydrogen-bond donors (Lipinski definition) is 2. The molecule has 0 unspecified atom stereocenters. The number of benzene rings is 1. The number of nitrogens with one attached hydrogen (secondary N) is 2. The van der Waals surface area contributed by atoms with Gasteiger partial charge in [-0.1, -0.05) is 6.42 Å². The molecule has 0 aliphatic carbocycles. The molecular weight excluding hydrogens is 458 g/mol. The fourth-order valence-electron chi connectivity index (χ4n) is 3.49. The molecule has 0 saturated carbocycles. The third-order valence-electron chi connectivity index (χ3n) is 5.13. The maximum absolute atomic E-state index is 13.1. The summed E-state index contributed by atoms with van der Waals surface area (Å²) in [5.74, 6) is 0.190. The molecule has 1 aliphatic heterocycles. The smallest absolute Gasteiger partial charge is 0.244 e. The number of ether oxygens (including phenoxy) is 1. The number of sulfonamides is 1. The zero-order chi connectivity index (χ0) is 24.6. The highest BCUT2D eigenvalue weighted by Gasteiger charge is 2.27. The molecule has 2 aromatic rings. The van der Waals surface area contributed by atoms with E-state index in [9.17, 15) is 18.0 Å². The number of anilines is 1. The Kier molecular flexibility index (Phi) is 8.89. The molecule has 0 bridgehead atoms. The number of nitrogens with zero attached hydrogens (tertiary/aromatic N) is 1. The second-order valence-electron chi connectivity index (χ2n) is 8.23. The Hall–Kier alpha value is -3.11. The standard InChI is InChI=1S/C24H31N3O6S/c1-18(2)33-22-10-9-20(34(30,31)27-14-4-3-5-15-27)17-21(22)26-24(29)12-13-25-23(28)11-8-19-7-6-16-32-19/h6-11,16-18H,3-5,12-15H2,1-2H3,(H,25,28)(H,26,29)/b11-8+. The molecule has 1 aliphatic rings. The number of rotatable bonds is 10. The van der Waals surface area contributed by atoms with Crippen molar-refractivity contribution in [3.05, 3.63) is 48.4 Å². The number of furan rings is 1. The van der Waals surface area contributed by atoms with Crippen LogP contribution in [0.15, 0.2) is 52.0 Å². The number of amides is 2. The van der Waals surface area contributed by atoms with Crippen LogP contribution in [-0.2, 0) is 19.6 Å². The summed E-state index contributed by atoms with van der Waals surface area (Å²) in [6, 6.07) is 7.93. The average Bonchev–Trinajstić information content (AvgIpc) is 3.33. The molecular formula is C24H31N3O6S. The van der Waals surface area contributed by atoms with Gasteiger partial charge in [0.05, 0.1) is 22.9 Å². The van der Waals surface area contributed by atoms with Gasteiger partial charge in [0, 0.05) is 32.1 Å². The first-order valence-corrected chi connectivity index (χ1v) is 12.8. The van der Waals surface area contributed by atoms with Gasteiger partial charge in [-0.15, -0.1) is 0 Å². The van der Waals surface area contributed by atoms with Crippen LogP contribution < -0.4 is 15.4 Å². The van der Waals surface area contributed by atoms with Gasteiger partial charge >= 0.3 is 0 Å². The van der Waals surface area contributed by atoms with Gasteiger partial charge in [-0.05, 0) is 63.1 Å². The number of piperidine rings is 1. The van der Waals surface area contributed by atoms with Crippen LogP contribution in [0.2, 0.25) is 0 Å². The zero-order valence-electron chi connectivity index (χ0n) is 19.5. The Bertz CT molecular complexity index is 1100. The SMILES string of the molecule is CC(C)Oc1ccc(S(=O)(=O)N2CCCCC2)cc1NC(=O)CCNC(=O)/C=C/c1ccco1. The lowest BCUT2D eigenvalue weighted by molar-refractivity contribution is -0.117. The van der Waals surface area contributed by atoms with Crippen molar-refractivity contribution >= 4 is 33.6 Å². The van der Waals surface area contributed by atoms with E-state index in [0.717, 1.165) is 19.3 Å². The Morgan fingerprint density at radius 2 is 1.94 bits per heavy atom. The summed E-state index contributed by atoms with van der Waals surface area (Å²) >= 11 is 0. The molecule has 34 heavy (non-hydrogen) atoms. The summed E-state index contributed by atoms with van der Waals surface area (Å²) in [5, 5.41) is 5.35. The molecule has 1 aromatic heterocycles. The van der Waals surface area contributed by atoms with Crippen LogP contribution in [0.4, 0.5) is 5.69 Å². The predicted octanol–water partition coefficient (Wildman–Crippen LogP) is 3.40. The van der Waals surface area contributed by atoms with Gasteiger partial charge in [0.15, 0.2) is 0 Å². The average molecular weight is 490 g/mol. The van der Waals surface area contributed by atoms with E-state index in [0.29, 0.717) is 24.6 Å². The fraction of sp³-hybridized carbons (Fsp3) is 0.417. The van der Waals surface area contributed by atoms with Gasteiger partial charge in [0.2, 0.25) is 21.8 Å². The van der Waals surface area contributed by atoms with Crippen LogP contribution in [0.5, 0.6) is 5.75 Å². The Morgan fingerprint density at radius 1 is 1.18 bits per heavy atom. The highest BCUT2D eigenvalue weighted by molar-refractivity contribution is 7.89. The van der Waals surface area contributed by atoms with E-state index < -0.39 is 10.0 Å². The summed E-state index contributed by atoms with van der Waals surface area (Å²) in [4.78, 5) is 24.5. The summed E-state index contributed by atoms with van der Waals surface area (Å²) in [6.45, 7) is 4.77. The molecule has 1 fully saturated rings. The summed E-state index contributed by atoms with van der Waals surface area (Å²) in [6.07, 6.45) is 6.87. The summed E-state index contributed by atoms with van der Waals surface area (Å²) < 4.78 is 38.5. The number of carbonyl (C=O) groups is 2. The first-order valence-electron chi connectivity index (χ1n) is 11.4. The van der Waals surface area contributed by atoms with Crippen LogP contribution in [-0.4, -0.2) is 50.3 Å². The minimum Gasteiger partial charge on any atom is -0.489 e. The van der Waals surface area contributed by atoms with Crippen molar-refractivity contribution in [2.75, 3.05) is 25.0 Å². The molecule has 10 heteroatoms. The van der Waals surface area contributed by atoms with E-state index in [1.54, 1.807) is 18.2 Å². The van der Waals surface area contributed by atoms with Crippen molar-refractivity contribution in [2.45, 2.75) is 50.5 Å². The van der Waals surface area contributed by atoms with Crippen molar-refractivity contribution in [3.8, 4) is 5.75 Å². The minimum absolute atomic E-state index is 0.00452. The largest absolute Gasteiger partial charge is 0.489 e. The van der Waals surface area contributed by atoms with Gasteiger partial charge in [-0.2, -0.15) is 4.31 Å². The Morgan fingerprint density at radius 3 is 2.62 bits per heavy atom. The first kappa shape index (κ1) is 25.5. The molecule has 184 valence electrons. The van der Waals surface area contributed by atoms with Gasteiger partial charge in [-0.25, -0.2) is 8.42 Å². The van der Waals surface area contributed by atoms with Crippen molar-refractivity contribution in [3.63, 3.8) is 0 Å². The van der Waals surface area contributed by atoms with Crippen LogP contribution in [0.25, 0.3) is 6.08 Å². The topological polar surface area (TPSA) is 118 Å². The molecule has 0 radical (unpaired) electrons. The molecule has 1 saturated heterocycles. The molecule has 0 spiro atoms. The normalized spacial score (nSPS) is 14.9. The van der Waals surface area contributed by atoms with E-state index in [-0.39, 0.29) is 41.5 Å². The van der Waals surface area contributed by atoms with E-state index in [2.05, 4.69) is 10.6 Å². The van der Waals surface area contributed by atoms with Crippen LogP contribution in [0.3, 0.4) is 0 Å². The van der Waals surface area contributed by atoms with E-state index >= 15 is 0 Å². The van der Waals surface area contributed by atoms with Crippen LogP contribution in [0.1, 0.15) is 45.3 Å². The monoisotopic (exact) mass is 489 g/mol. The number of carbonyl (C=O) groups excluding carboxylic acids is 2. The summed E-state index contributed by atoms with van der Waals surface area (Å²) in [7, 11) is -3.66. The molecule has 9 nitrogen and oxygen atoms in total. The van der Waals surface area contributed by atoms with Crippen molar-refractivity contribution < 1.29 is 27.2 Å². The van der Waals surface area contributed by atoms with Crippen LogP contribution in [0, 0.1) is 0 Å². The lowest BCUT2D eigenvalue weighted by Crippen LogP contribution is -2.35. The van der Waals surface area contributed by atoms with E-state index in [4.69, 9.17) is 9.15 Å². The minimum atomic E-state index is -3.66. The van der Waals surface area contributed by atoms with Crippen molar-refractivity contribution in [1.82, 2.24) is 9.62 Å². The molecule has 3 rings (SSSR count). The Labute approximate surface area is 200 Å². The highest BCUT2D eigenvalue weighted by Crippen LogP contribution is 2.31. The van der Waals surface area contributed by atoms with E-state index in [1.807, 2.05) is 13.8 Å². The second kappa shape index (κ2) is 11.8. The predicted molar refractivity (Wildman–Crippen MR) is 129 cm³/mol. The first-order chi connectivity index (χ1) is 16.3. The molecule has 2 N–H and O–H groups in total. The molecule has 2 heterocycles. The maximum atomic E-state index is 13.1. The lowest BCUT2D eigenvalue weighted by Gasteiger charge is -2.26. The zero-order valence-corrected chi connectivity index (χ0v) is 20.3. The van der Waals surface area contributed by atoms with Gasteiger partial charge < -0.3 is 19.8 Å². The third kappa shape index (κ3) is 7.19. The van der Waals surface area contributed by atoms with Gasteiger partial charge in [0.25, 0.3) is 0 Å². The molecule has 1 aromatic carbocycles. The second-order valence-corrected chi connectivity index (χ2v) is 10.2. The van der Waals surface area contributed by atoms with Gasteiger partial charge in [0.1, 0.15) is 11.5 Å². The number of hydrogen-bond acceptors (Lipinski definition) is 6. The molecule has 0 atom stereocenters. The Balaban J connectivity index is 1.64. The molecule has 2 amide bonds. The lowest BCUT2D eigenvalue weighted by atomic mass is 10.2. The van der Waals surface area contributed by atoms with Crippen molar-refractivity contribution in [1.29, 1.82) is 0 Å². The fourth-order valence-corrected chi connectivity index (χ4v) is 5.04. The quantitative estimate of drug-likeness (QED) is 0.494. The van der Waals surface area contributed by atoms with Crippen molar-refractivity contribution in [2.24, 2.45) is 0 Å². The third-order valence-corrected chi connectivity index (χ3v) is 7.03. The summed E-state index contributed by atoms with van der Waals surface area (Å²) in [5.41, 5.74) is 0.279. The van der Waals surface area contributed by atoms with E-state index in [1.165, 1.54) is 34.9 Å². The maximum Gasteiger partial charge on any atom is 0.244 e.